The summed E-state index contributed by atoms with van der Waals surface area (Å²) in [5.74, 6) is 0.161. The lowest BCUT2D eigenvalue weighted by Gasteiger charge is -2.02. The van der Waals surface area contributed by atoms with Crippen molar-refractivity contribution in [3.05, 3.63) is 35.5 Å². The molecule has 1 amide bonds. The van der Waals surface area contributed by atoms with Gasteiger partial charge in [-0.25, -0.2) is 4.98 Å². The number of nitrogens with zero attached hydrogens (tertiary/aromatic N) is 2. The summed E-state index contributed by atoms with van der Waals surface area (Å²) in [7, 11) is 0. The molecule has 0 aromatic carbocycles. The first-order valence-electron chi connectivity index (χ1n) is 5.39. The molecule has 0 saturated heterocycles. The summed E-state index contributed by atoms with van der Waals surface area (Å²) in [6.07, 6.45) is 5.03. The monoisotopic (exact) mass is 251 g/mol. The molecule has 0 unspecified atom stereocenters. The number of carbonyl (C=O) groups is 1. The van der Waals surface area contributed by atoms with E-state index in [1.165, 1.54) is 6.20 Å². The van der Waals surface area contributed by atoms with Crippen molar-refractivity contribution in [2.45, 2.75) is 13.8 Å². The van der Waals surface area contributed by atoms with Gasteiger partial charge in [-0.1, -0.05) is 31.5 Å². The van der Waals surface area contributed by atoms with Gasteiger partial charge in [0.25, 0.3) is 5.91 Å². The van der Waals surface area contributed by atoms with Gasteiger partial charge in [0.15, 0.2) is 0 Å². The van der Waals surface area contributed by atoms with Crippen LogP contribution in [0.2, 0.25) is 5.02 Å². The van der Waals surface area contributed by atoms with Crippen LogP contribution in [0.1, 0.15) is 13.8 Å². The van der Waals surface area contributed by atoms with Crippen molar-refractivity contribution in [3.8, 4) is 0 Å². The SMILES string of the molecule is CC.O=C(Nc1cc(Cl)ccn1)C1=NCC=C1. The number of aliphatic imine (C=N–C) groups is 1. The Hall–Kier alpha value is -1.68. The Morgan fingerprint density at radius 2 is 2.24 bits per heavy atom. The number of carbonyl (C=O) groups excluding carboxylic acids is 1. The van der Waals surface area contributed by atoms with Crippen LogP contribution in [0.4, 0.5) is 5.82 Å². The molecular weight excluding hydrogens is 238 g/mol. The lowest BCUT2D eigenvalue weighted by atomic mass is 10.3. The second-order valence-electron chi connectivity index (χ2n) is 2.94. The average molecular weight is 252 g/mol. The summed E-state index contributed by atoms with van der Waals surface area (Å²) in [5, 5.41) is 3.14. The Labute approximate surface area is 105 Å². The molecule has 17 heavy (non-hydrogen) atoms. The molecule has 0 atom stereocenters. The molecule has 1 aromatic rings. The zero-order valence-electron chi connectivity index (χ0n) is 9.77. The molecule has 1 aromatic heterocycles. The van der Waals surface area contributed by atoms with Gasteiger partial charge in [0.1, 0.15) is 11.5 Å². The van der Waals surface area contributed by atoms with E-state index in [2.05, 4.69) is 15.3 Å². The van der Waals surface area contributed by atoms with E-state index in [4.69, 9.17) is 11.6 Å². The van der Waals surface area contributed by atoms with E-state index >= 15 is 0 Å². The molecule has 0 bridgehead atoms. The van der Waals surface area contributed by atoms with Crippen LogP contribution in [0.25, 0.3) is 0 Å². The molecule has 2 heterocycles. The molecule has 1 N–H and O–H groups in total. The van der Waals surface area contributed by atoms with Crippen LogP contribution in [0, 0.1) is 0 Å². The van der Waals surface area contributed by atoms with Crippen LogP contribution in [0.3, 0.4) is 0 Å². The van der Waals surface area contributed by atoms with E-state index in [0.717, 1.165) is 0 Å². The fourth-order valence-corrected chi connectivity index (χ4v) is 1.33. The Morgan fingerprint density at radius 3 is 2.82 bits per heavy atom. The summed E-state index contributed by atoms with van der Waals surface area (Å²) in [4.78, 5) is 19.5. The topological polar surface area (TPSA) is 54.4 Å². The first-order valence-corrected chi connectivity index (χ1v) is 5.77. The highest BCUT2D eigenvalue weighted by atomic mass is 35.5. The van der Waals surface area contributed by atoms with Gasteiger partial charge in [0, 0.05) is 11.2 Å². The van der Waals surface area contributed by atoms with Gasteiger partial charge in [-0.3, -0.25) is 9.79 Å². The number of pyridine rings is 1. The highest BCUT2D eigenvalue weighted by Crippen LogP contribution is 2.11. The molecule has 0 spiro atoms. The summed E-state index contributed by atoms with van der Waals surface area (Å²) in [5.41, 5.74) is 0.414. The predicted molar refractivity (Wildman–Crippen MR) is 70.7 cm³/mol. The number of aromatic nitrogens is 1. The fraction of sp³-hybridized carbons (Fsp3) is 0.250. The molecule has 1 aliphatic rings. The minimum atomic E-state index is -0.265. The van der Waals surface area contributed by atoms with E-state index in [9.17, 15) is 4.79 Å². The summed E-state index contributed by atoms with van der Waals surface area (Å²) in [6, 6.07) is 3.23. The Morgan fingerprint density at radius 1 is 1.47 bits per heavy atom. The molecule has 0 saturated carbocycles. The maximum atomic E-state index is 11.5. The van der Waals surface area contributed by atoms with Crippen LogP contribution in [-0.2, 0) is 4.79 Å². The van der Waals surface area contributed by atoms with Crippen molar-refractivity contribution >= 4 is 29.0 Å². The van der Waals surface area contributed by atoms with E-state index in [1.54, 1.807) is 18.2 Å². The highest BCUT2D eigenvalue weighted by Gasteiger charge is 2.11. The standard InChI is InChI=1S/C10H8ClN3O.C2H6/c11-7-3-5-13-9(6-7)14-10(15)8-2-1-4-12-8;1-2/h1-3,5-6H,4H2,(H,13,14,15);1-2H3. The lowest BCUT2D eigenvalue weighted by molar-refractivity contribution is -0.110. The molecule has 4 nitrogen and oxygen atoms in total. The first-order chi connectivity index (χ1) is 8.25. The Balaban J connectivity index is 0.000000686. The Kier molecular flexibility index (Phi) is 5.36. The van der Waals surface area contributed by atoms with Crippen LogP contribution in [0.15, 0.2) is 35.5 Å². The van der Waals surface area contributed by atoms with Gasteiger partial charge < -0.3 is 5.32 Å². The molecule has 0 aliphatic carbocycles. The number of anilines is 1. The van der Waals surface area contributed by atoms with Crippen molar-refractivity contribution in [2.24, 2.45) is 4.99 Å². The second-order valence-corrected chi connectivity index (χ2v) is 3.38. The normalized spacial score (nSPS) is 12.5. The number of nitrogens with one attached hydrogen (secondary N) is 1. The predicted octanol–water partition coefficient (Wildman–Crippen LogP) is 2.71. The number of amides is 1. The number of hydrogen-bond donors (Lipinski definition) is 1. The van der Waals surface area contributed by atoms with E-state index in [0.29, 0.717) is 23.1 Å². The van der Waals surface area contributed by atoms with Crippen molar-refractivity contribution in [2.75, 3.05) is 11.9 Å². The van der Waals surface area contributed by atoms with Crippen LogP contribution in [-0.4, -0.2) is 23.1 Å². The molecule has 5 heteroatoms. The zero-order valence-corrected chi connectivity index (χ0v) is 10.5. The molecule has 90 valence electrons. The second kappa shape index (κ2) is 6.81. The number of rotatable bonds is 2. The van der Waals surface area contributed by atoms with Gasteiger partial charge in [0.2, 0.25) is 0 Å². The van der Waals surface area contributed by atoms with Gasteiger partial charge in [-0.05, 0) is 18.2 Å². The van der Waals surface area contributed by atoms with Crippen LogP contribution in [0.5, 0.6) is 0 Å². The summed E-state index contributed by atoms with van der Waals surface area (Å²) >= 11 is 5.75. The molecule has 0 radical (unpaired) electrons. The minimum Gasteiger partial charge on any atom is -0.305 e. The maximum Gasteiger partial charge on any atom is 0.274 e. The zero-order chi connectivity index (χ0) is 12.7. The Bertz CT molecular complexity index is 455. The third kappa shape index (κ3) is 4.00. The lowest BCUT2D eigenvalue weighted by Crippen LogP contribution is -2.20. The summed E-state index contributed by atoms with van der Waals surface area (Å²) in [6.45, 7) is 4.56. The number of hydrogen-bond acceptors (Lipinski definition) is 3. The van der Waals surface area contributed by atoms with Crippen molar-refractivity contribution in [1.29, 1.82) is 0 Å². The van der Waals surface area contributed by atoms with Crippen LogP contribution >= 0.6 is 11.6 Å². The van der Waals surface area contributed by atoms with Gasteiger partial charge >= 0.3 is 0 Å². The van der Waals surface area contributed by atoms with Crippen LogP contribution < -0.4 is 5.32 Å². The van der Waals surface area contributed by atoms with E-state index in [-0.39, 0.29) is 5.91 Å². The quantitative estimate of drug-likeness (QED) is 0.879. The molecule has 2 rings (SSSR count). The highest BCUT2D eigenvalue weighted by molar-refractivity contribution is 6.47. The van der Waals surface area contributed by atoms with Gasteiger partial charge in [0.05, 0.1) is 6.54 Å². The van der Waals surface area contributed by atoms with Crippen molar-refractivity contribution < 1.29 is 4.79 Å². The van der Waals surface area contributed by atoms with Crippen molar-refractivity contribution in [3.63, 3.8) is 0 Å². The minimum absolute atomic E-state index is 0.265. The van der Waals surface area contributed by atoms with E-state index < -0.39 is 0 Å². The third-order valence-electron chi connectivity index (χ3n) is 1.84. The molecule has 0 fully saturated rings. The van der Waals surface area contributed by atoms with Gasteiger partial charge in [-0.15, -0.1) is 0 Å². The molecular formula is C12H14ClN3O. The fourth-order valence-electron chi connectivity index (χ4n) is 1.17. The van der Waals surface area contributed by atoms with Gasteiger partial charge in [-0.2, -0.15) is 0 Å². The summed E-state index contributed by atoms with van der Waals surface area (Å²) < 4.78 is 0. The first kappa shape index (κ1) is 13.4. The third-order valence-corrected chi connectivity index (χ3v) is 2.07. The largest absolute Gasteiger partial charge is 0.305 e. The van der Waals surface area contributed by atoms with E-state index in [1.807, 2.05) is 19.9 Å². The number of halogens is 1. The average Bonchev–Trinajstić information content (AvgIpc) is 2.85. The maximum absolute atomic E-state index is 11.5. The van der Waals surface area contributed by atoms with Crippen molar-refractivity contribution in [1.82, 2.24) is 4.98 Å². The smallest absolute Gasteiger partial charge is 0.274 e. The molecule has 1 aliphatic heterocycles.